The predicted octanol–water partition coefficient (Wildman–Crippen LogP) is 2.19. The van der Waals surface area contributed by atoms with Crippen LogP contribution >= 0.6 is 11.6 Å². The highest BCUT2D eigenvalue weighted by Crippen LogP contribution is 2.22. The molecule has 0 unspecified atom stereocenters. The zero-order valence-electron chi connectivity index (χ0n) is 13.2. The van der Waals surface area contributed by atoms with Crippen molar-refractivity contribution in [1.82, 2.24) is 10.0 Å². The van der Waals surface area contributed by atoms with Gasteiger partial charge in [0.25, 0.3) is 5.91 Å². The van der Waals surface area contributed by atoms with Crippen LogP contribution in [0.25, 0.3) is 0 Å². The molecule has 0 spiro atoms. The monoisotopic (exact) mass is 368 g/mol. The summed E-state index contributed by atoms with van der Waals surface area (Å²) in [5.41, 5.74) is 1.01. The summed E-state index contributed by atoms with van der Waals surface area (Å²) in [4.78, 5) is 12.1. The zero-order valence-corrected chi connectivity index (χ0v) is 14.7. The van der Waals surface area contributed by atoms with Gasteiger partial charge in [0.05, 0.1) is 12.1 Å². The van der Waals surface area contributed by atoms with Crippen LogP contribution in [0.5, 0.6) is 5.75 Å². The Bertz CT molecular complexity index is 853. The fourth-order valence-electron chi connectivity index (χ4n) is 2.09. The summed E-state index contributed by atoms with van der Waals surface area (Å²) in [5, 5.41) is 2.78. The van der Waals surface area contributed by atoms with Crippen molar-refractivity contribution in [3.63, 3.8) is 0 Å². The minimum absolute atomic E-state index is 0.0469. The van der Waals surface area contributed by atoms with E-state index in [9.17, 15) is 13.2 Å². The van der Waals surface area contributed by atoms with Gasteiger partial charge in [0.1, 0.15) is 10.6 Å². The standard InChI is InChI=1S/C16H17ClN2O4S/c1-18-24(21,22)15-9-11(7-8-13(15)17)16(20)19-10-12-5-3-4-6-14(12)23-2/h3-9,18H,10H2,1-2H3,(H,19,20). The molecule has 2 rings (SSSR count). The SMILES string of the molecule is CNS(=O)(=O)c1cc(C(=O)NCc2ccccc2OC)ccc1Cl. The second-order valence-electron chi connectivity index (χ2n) is 4.85. The molecule has 0 saturated heterocycles. The van der Waals surface area contributed by atoms with Gasteiger partial charge in [-0.15, -0.1) is 0 Å². The molecule has 6 nitrogen and oxygen atoms in total. The topological polar surface area (TPSA) is 84.5 Å². The number of amides is 1. The number of hydrogen-bond donors (Lipinski definition) is 2. The van der Waals surface area contributed by atoms with Crippen LogP contribution < -0.4 is 14.8 Å². The highest BCUT2D eigenvalue weighted by Gasteiger charge is 2.18. The fraction of sp³-hybridized carbons (Fsp3) is 0.188. The quantitative estimate of drug-likeness (QED) is 0.818. The van der Waals surface area contributed by atoms with Crippen LogP contribution in [0.4, 0.5) is 0 Å². The van der Waals surface area contributed by atoms with Gasteiger partial charge in [-0.2, -0.15) is 0 Å². The van der Waals surface area contributed by atoms with Gasteiger partial charge >= 0.3 is 0 Å². The Kier molecular flexibility index (Phi) is 5.82. The molecule has 2 aromatic rings. The maximum absolute atomic E-state index is 12.3. The van der Waals surface area contributed by atoms with Crippen LogP contribution in [0, 0.1) is 0 Å². The van der Waals surface area contributed by atoms with Crippen molar-refractivity contribution in [2.75, 3.05) is 14.2 Å². The summed E-state index contributed by atoms with van der Waals surface area (Å²) < 4.78 is 31.2. The lowest BCUT2D eigenvalue weighted by Crippen LogP contribution is -2.24. The van der Waals surface area contributed by atoms with Crippen LogP contribution in [-0.2, 0) is 16.6 Å². The molecule has 0 atom stereocenters. The average molecular weight is 369 g/mol. The third kappa shape index (κ3) is 4.05. The maximum atomic E-state index is 12.3. The van der Waals surface area contributed by atoms with Gasteiger partial charge in [0.15, 0.2) is 0 Å². The van der Waals surface area contributed by atoms with Crippen LogP contribution in [0.1, 0.15) is 15.9 Å². The molecule has 0 aliphatic rings. The number of halogens is 1. The van der Waals surface area contributed by atoms with Crippen molar-refractivity contribution >= 4 is 27.5 Å². The summed E-state index contributed by atoms with van der Waals surface area (Å²) in [5.74, 6) is 0.248. The highest BCUT2D eigenvalue weighted by molar-refractivity contribution is 7.89. The molecule has 24 heavy (non-hydrogen) atoms. The van der Waals surface area contributed by atoms with E-state index in [1.165, 1.54) is 25.2 Å². The molecular formula is C16H17ClN2O4S. The number of carbonyl (C=O) groups excluding carboxylic acids is 1. The number of nitrogens with one attached hydrogen (secondary N) is 2. The van der Waals surface area contributed by atoms with Gasteiger partial charge in [-0.1, -0.05) is 29.8 Å². The summed E-state index contributed by atoms with van der Waals surface area (Å²) >= 11 is 5.91. The second kappa shape index (κ2) is 7.65. The van der Waals surface area contributed by atoms with Gasteiger partial charge in [0, 0.05) is 17.7 Å². The van der Waals surface area contributed by atoms with Crippen molar-refractivity contribution in [2.45, 2.75) is 11.4 Å². The van der Waals surface area contributed by atoms with E-state index < -0.39 is 15.9 Å². The summed E-state index contributed by atoms with van der Waals surface area (Å²) in [6.07, 6.45) is 0. The van der Waals surface area contributed by atoms with Crippen molar-refractivity contribution in [2.24, 2.45) is 0 Å². The van der Waals surface area contributed by atoms with Crippen molar-refractivity contribution in [3.05, 3.63) is 58.6 Å². The molecule has 1 amide bonds. The fourth-order valence-corrected chi connectivity index (χ4v) is 3.34. The van der Waals surface area contributed by atoms with Crippen molar-refractivity contribution < 1.29 is 17.9 Å². The normalized spacial score (nSPS) is 11.1. The number of benzene rings is 2. The molecule has 0 heterocycles. The van der Waals surface area contributed by atoms with E-state index in [0.717, 1.165) is 5.56 Å². The number of methoxy groups -OCH3 is 1. The van der Waals surface area contributed by atoms with Crippen molar-refractivity contribution in [1.29, 1.82) is 0 Å². The van der Waals surface area contributed by atoms with Crippen LogP contribution in [0.15, 0.2) is 47.4 Å². The summed E-state index contributed by atoms with van der Waals surface area (Å²) in [7, 11) is -0.916. The number of rotatable bonds is 6. The Morgan fingerprint density at radius 1 is 1.21 bits per heavy atom. The van der Waals surface area contributed by atoms with E-state index in [-0.39, 0.29) is 22.0 Å². The molecule has 0 aromatic heterocycles. The third-order valence-corrected chi connectivity index (χ3v) is 5.28. The summed E-state index contributed by atoms with van der Waals surface area (Å²) in [6, 6.07) is 11.4. The van der Waals surface area contributed by atoms with Crippen molar-refractivity contribution in [3.8, 4) is 5.75 Å². The maximum Gasteiger partial charge on any atom is 0.251 e. The molecular weight excluding hydrogens is 352 g/mol. The van der Waals surface area contributed by atoms with Gasteiger partial charge < -0.3 is 10.1 Å². The molecule has 2 aromatic carbocycles. The number of hydrogen-bond acceptors (Lipinski definition) is 4. The third-order valence-electron chi connectivity index (χ3n) is 3.38. The second-order valence-corrected chi connectivity index (χ2v) is 7.11. The first-order valence-corrected chi connectivity index (χ1v) is 8.88. The highest BCUT2D eigenvalue weighted by atomic mass is 35.5. The van der Waals surface area contributed by atoms with Gasteiger partial charge in [-0.3, -0.25) is 4.79 Å². The predicted molar refractivity (Wildman–Crippen MR) is 91.9 cm³/mol. The molecule has 0 aliphatic heterocycles. The minimum atomic E-state index is -3.74. The van der Waals surface area contributed by atoms with Gasteiger partial charge in [-0.25, -0.2) is 13.1 Å². The van der Waals surface area contributed by atoms with Crippen LogP contribution in [0.3, 0.4) is 0 Å². The largest absolute Gasteiger partial charge is 0.496 e. The Morgan fingerprint density at radius 2 is 1.92 bits per heavy atom. The molecule has 0 radical (unpaired) electrons. The summed E-state index contributed by atoms with van der Waals surface area (Å²) in [6.45, 7) is 0.250. The minimum Gasteiger partial charge on any atom is -0.496 e. The van der Waals surface area contributed by atoms with E-state index in [1.807, 2.05) is 18.2 Å². The molecule has 0 bridgehead atoms. The lowest BCUT2D eigenvalue weighted by Gasteiger charge is -2.11. The lowest BCUT2D eigenvalue weighted by atomic mass is 10.1. The molecule has 8 heteroatoms. The van der Waals surface area contributed by atoms with E-state index >= 15 is 0 Å². The Labute approximate surface area is 145 Å². The Morgan fingerprint density at radius 3 is 2.58 bits per heavy atom. The van der Waals surface area contributed by atoms with E-state index in [1.54, 1.807) is 13.2 Å². The average Bonchev–Trinajstić information content (AvgIpc) is 2.60. The molecule has 2 N–H and O–H groups in total. The Balaban J connectivity index is 2.20. The number of sulfonamides is 1. The first kappa shape index (κ1) is 18.3. The first-order valence-electron chi connectivity index (χ1n) is 7.02. The molecule has 128 valence electrons. The Hall–Kier alpha value is -2.09. The van der Waals surface area contributed by atoms with Crippen LogP contribution in [-0.4, -0.2) is 28.5 Å². The number of para-hydroxylation sites is 1. The number of ether oxygens (including phenoxy) is 1. The van der Waals surface area contributed by atoms with E-state index in [0.29, 0.717) is 5.75 Å². The smallest absolute Gasteiger partial charge is 0.251 e. The molecule has 0 aliphatic carbocycles. The zero-order chi connectivity index (χ0) is 17.7. The van der Waals surface area contributed by atoms with E-state index in [2.05, 4.69) is 10.0 Å². The molecule has 0 saturated carbocycles. The lowest BCUT2D eigenvalue weighted by molar-refractivity contribution is 0.0950. The number of carbonyl (C=O) groups is 1. The van der Waals surface area contributed by atoms with E-state index in [4.69, 9.17) is 16.3 Å². The first-order chi connectivity index (χ1) is 11.4. The van der Waals surface area contributed by atoms with Crippen LogP contribution in [0.2, 0.25) is 5.02 Å². The molecule has 0 fully saturated rings. The van der Waals surface area contributed by atoms with Gasteiger partial charge in [0.2, 0.25) is 10.0 Å². The van der Waals surface area contributed by atoms with Gasteiger partial charge in [-0.05, 0) is 31.3 Å².